The van der Waals surface area contributed by atoms with Crippen LogP contribution in [0.2, 0.25) is 0 Å². The van der Waals surface area contributed by atoms with E-state index in [2.05, 4.69) is 27.4 Å². The third-order valence-corrected chi connectivity index (χ3v) is 9.52. The number of alkyl halides is 1. The van der Waals surface area contributed by atoms with Crippen molar-refractivity contribution >= 4 is 23.3 Å². The van der Waals surface area contributed by atoms with Crippen molar-refractivity contribution in [1.82, 2.24) is 0 Å². The molecule has 148 valence electrons. The fraction of sp³-hybridized carbons (Fsp3) is 0.739. The minimum atomic E-state index is -1.30. The molecule has 4 aliphatic carbocycles. The highest BCUT2D eigenvalue weighted by Crippen LogP contribution is 2.68. The summed E-state index contributed by atoms with van der Waals surface area (Å²) in [4.78, 5) is 26.2. The van der Waals surface area contributed by atoms with E-state index in [0.717, 1.165) is 35.5 Å². The Morgan fingerprint density at radius 3 is 2.56 bits per heavy atom. The van der Waals surface area contributed by atoms with E-state index in [1.54, 1.807) is 11.8 Å². The molecule has 0 aromatic heterocycles. The van der Waals surface area contributed by atoms with Crippen LogP contribution in [-0.2, 0) is 9.59 Å². The molecule has 27 heavy (non-hydrogen) atoms. The van der Waals surface area contributed by atoms with E-state index in [9.17, 15) is 14.0 Å². The van der Waals surface area contributed by atoms with Gasteiger partial charge >= 0.3 is 0 Å². The van der Waals surface area contributed by atoms with Gasteiger partial charge in [-0.25, -0.2) is 4.39 Å². The fourth-order valence-electron chi connectivity index (χ4n) is 7.04. The predicted octanol–water partition coefficient (Wildman–Crippen LogP) is 5.53. The summed E-state index contributed by atoms with van der Waals surface area (Å²) in [5.74, 6) is 1.97. The van der Waals surface area contributed by atoms with Gasteiger partial charge in [0.25, 0.3) is 0 Å². The van der Waals surface area contributed by atoms with Crippen LogP contribution in [0.4, 0.5) is 4.39 Å². The van der Waals surface area contributed by atoms with Gasteiger partial charge in [0.1, 0.15) is 0 Å². The molecule has 3 saturated carbocycles. The van der Waals surface area contributed by atoms with Gasteiger partial charge in [-0.05, 0) is 71.7 Å². The van der Waals surface area contributed by atoms with Crippen molar-refractivity contribution < 1.29 is 14.0 Å². The van der Waals surface area contributed by atoms with Crippen LogP contribution in [0.15, 0.2) is 22.6 Å². The normalized spacial score (nSPS) is 47.0. The Balaban J connectivity index is 1.83. The number of allylic oxidation sites excluding steroid dienone is 2. The van der Waals surface area contributed by atoms with Crippen molar-refractivity contribution in [3.05, 3.63) is 22.6 Å². The Morgan fingerprint density at radius 2 is 1.89 bits per heavy atom. The predicted molar refractivity (Wildman–Crippen MR) is 108 cm³/mol. The zero-order valence-electron chi connectivity index (χ0n) is 16.9. The van der Waals surface area contributed by atoms with Crippen molar-refractivity contribution in [2.45, 2.75) is 66.0 Å². The number of thioether (sulfide) groups is 1. The SMILES string of the molecule is C=C1C2=C(SCC)C(=O)CC[C@]2(C)[C@H]2CC[C@]3(C)C(=O)[C@H](F)C[C@H]3[C@@H]2[C@@H]1C. The van der Waals surface area contributed by atoms with Gasteiger partial charge in [0.15, 0.2) is 17.7 Å². The number of hydrogen-bond acceptors (Lipinski definition) is 3. The second-order valence-electron chi connectivity index (χ2n) is 9.61. The first-order valence-corrected chi connectivity index (χ1v) is 11.4. The third kappa shape index (κ3) is 2.44. The number of fused-ring (bicyclic) bond motifs is 5. The van der Waals surface area contributed by atoms with Crippen LogP contribution in [0, 0.1) is 34.5 Å². The highest BCUT2D eigenvalue weighted by atomic mass is 32.2. The minimum Gasteiger partial charge on any atom is -0.296 e. The molecule has 0 aromatic rings. The molecule has 4 aliphatic rings. The summed E-state index contributed by atoms with van der Waals surface area (Å²) in [6, 6.07) is 0. The Bertz CT molecular complexity index is 755. The largest absolute Gasteiger partial charge is 0.296 e. The average molecular weight is 391 g/mol. The summed E-state index contributed by atoms with van der Waals surface area (Å²) in [7, 11) is 0. The molecular weight excluding hydrogens is 359 g/mol. The molecule has 0 radical (unpaired) electrons. The second-order valence-corrected chi connectivity index (χ2v) is 10.9. The quantitative estimate of drug-likeness (QED) is 0.622. The number of rotatable bonds is 2. The van der Waals surface area contributed by atoms with E-state index in [1.165, 1.54) is 5.57 Å². The van der Waals surface area contributed by atoms with E-state index in [1.807, 2.05) is 6.92 Å². The Hall–Kier alpha value is -0.900. The molecule has 0 spiro atoms. The lowest BCUT2D eigenvalue weighted by Gasteiger charge is -2.60. The first kappa shape index (κ1) is 19.4. The van der Waals surface area contributed by atoms with Gasteiger partial charge in [-0.3, -0.25) is 9.59 Å². The van der Waals surface area contributed by atoms with Crippen LogP contribution in [0.5, 0.6) is 0 Å². The van der Waals surface area contributed by atoms with E-state index in [4.69, 9.17) is 0 Å². The summed E-state index contributed by atoms with van der Waals surface area (Å²) in [6.07, 6.45) is 2.26. The summed E-state index contributed by atoms with van der Waals surface area (Å²) >= 11 is 1.66. The van der Waals surface area contributed by atoms with Gasteiger partial charge < -0.3 is 0 Å². The van der Waals surface area contributed by atoms with Gasteiger partial charge in [-0.1, -0.05) is 34.3 Å². The van der Waals surface area contributed by atoms with Gasteiger partial charge in [-0.2, -0.15) is 0 Å². The second kappa shape index (κ2) is 6.30. The average Bonchev–Trinajstić information content (AvgIpc) is 2.86. The maximum Gasteiger partial charge on any atom is 0.173 e. The van der Waals surface area contributed by atoms with Gasteiger partial charge in [0.05, 0.1) is 4.91 Å². The van der Waals surface area contributed by atoms with E-state index < -0.39 is 11.6 Å². The molecule has 0 bridgehead atoms. The third-order valence-electron chi connectivity index (χ3n) is 8.51. The van der Waals surface area contributed by atoms with E-state index >= 15 is 0 Å². The Labute approximate surface area is 166 Å². The van der Waals surface area contributed by atoms with Crippen LogP contribution in [0.1, 0.15) is 59.8 Å². The minimum absolute atomic E-state index is 0.0710. The molecule has 0 N–H and O–H groups in total. The molecular formula is C23H31FO2S. The number of hydrogen-bond donors (Lipinski definition) is 0. The molecule has 0 aliphatic heterocycles. The number of ketones is 2. The van der Waals surface area contributed by atoms with Crippen LogP contribution in [-0.4, -0.2) is 23.5 Å². The van der Waals surface area contributed by atoms with Gasteiger partial charge in [0, 0.05) is 11.8 Å². The van der Waals surface area contributed by atoms with Crippen LogP contribution in [0.3, 0.4) is 0 Å². The summed E-state index contributed by atoms with van der Waals surface area (Å²) in [5.41, 5.74) is 1.68. The molecule has 7 atom stereocenters. The summed E-state index contributed by atoms with van der Waals surface area (Å²) < 4.78 is 14.5. The lowest BCUT2D eigenvalue weighted by molar-refractivity contribution is -0.135. The molecule has 4 heteroatoms. The monoisotopic (exact) mass is 390 g/mol. The molecule has 0 saturated heterocycles. The number of carbonyl (C=O) groups is 2. The molecule has 2 nitrogen and oxygen atoms in total. The summed E-state index contributed by atoms with van der Waals surface area (Å²) in [5, 5.41) is 0. The Morgan fingerprint density at radius 1 is 1.19 bits per heavy atom. The molecule has 3 fully saturated rings. The highest BCUT2D eigenvalue weighted by molar-refractivity contribution is 8.04. The highest BCUT2D eigenvalue weighted by Gasteiger charge is 2.64. The van der Waals surface area contributed by atoms with Crippen molar-refractivity contribution in [3.63, 3.8) is 0 Å². The molecule has 0 aromatic carbocycles. The smallest absolute Gasteiger partial charge is 0.173 e. The van der Waals surface area contributed by atoms with Crippen molar-refractivity contribution in [3.8, 4) is 0 Å². The van der Waals surface area contributed by atoms with Crippen LogP contribution in [0.25, 0.3) is 0 Å². The molecule has 0 amide bonds. The number of carbonyl (C=O) groups excluding carboxylic acids is 2. The van der Waals surface area contributed by atoms with E-state index in [-0.39, 0.29) is 34.7 Å². The van der Waals surface area contributed by atoms with Gasteiger partial charge in [0.2, 0.25) is 0 Å². The standard InChI is InChI=1S/C23H31FO2S/c1-6-27-20-17(25)8-10-22(4)14-7-9-23(5)15(11-16(24)21(23)26)18(14)12(2)13(3)19(20)22/h12,14-16,18H,3,6-11H2,1-2,4-5H3/t12-,14+,15+,16-,18-,22-,23+/m1/s1. The zero-order valence-corrected chi connectivity index (χ0v) is 17.8. The Kier molecular flexibility index (Phi) is 4.53. The maximum absolute atomic E-state index is 14.5. The maximum atomic E-state index is 14.5. The molecule has 0 unspecified atom stereocenters. The topological polar surface area (TPSA) is 34.1 Å². The zero-order chi connectivity index (χ0) is 19.7. The lowest BCUT2D eigenvalue weighted by atomic mass is 9.44. The molecule has 0 heterocycles. The number of halogens is 1. The van der Waals surface area contributed by atoms with Crippen LogP contribution < -0.4 is 0 Å². The molecule has 4 rings (SSSR count). The van der Waals surface area contributed by atoms with Crippen LogP contribution >= 0.6 is 11.8 Å². The van der Waals surface area contributed by atoms with Gasteiger partial charge in [-0.15, -0.1) is 11.8 Å². The number of Topliss-reactive ketones (excluding diaryl/α,β-unsaturated/α-hetero) is 2. The van der Waals surface area contributed by atoms with Crippen molar-refractivity contribution in [2.24, 2.45) is 34.5 Å². The summed E-state index contributed by atoms with van der Waals surface area (Å²) in [6.45, 7) is 13.1. The first-order chi connectivity index (χ1) is 12.7. The van der Waals surface area contributed by atoms with Crippen molar-refractivity contribution in [1.29, 1.82) is 0 Å². The van der Waals surface area contributed by atoms with Crippen molar-refractivity contribution in [2.75, 3.05) is 5.75 Å². The van der Waals surface area contributed by atoms with E-state index in [0.29, 0.717) is 18.8 Å². The lowest BCUT2D eigenvalue weighted by Crippen LogP contribution is -2.54. The first-order valence-electron chi connectivity index (χ1n) is 10.4. The fourth-order valence-corrected chi connectivity index (χ4v) is 8.10.